The smallest absolute Gasteiger partial charge is 0.274 e. The summed E-state index contributed by atoms with van der Waals surface area (Å²) < 4.78 is 0.860. The zero-order valence-corrected chi connectivity index (χ0v) is 12.4. The lowest BCUT2D eigenvalue weighted by atomic mass is 10.0. The van der Waals surface area contributed by atoms with E-state index in [1.165, 1.54) is 0 Å². The third-order valence-electron chi connectivity index (χ3n) is 3.79. The van der Waals surface area contributed by atoms with Crippen LogP contribution in [0.2, 0.25) is 0 Å². The van der Waals surface area contributed by atoms with Crippen molar-refractivity contribution in [1.29, 1.82) is 0 Å². The number of nitrogens with one attached hydrogen (secondary N) is 1. The van der Waals surface area contributed by atoms with Gasteiger partial charge in [0.1, 0.15) is 0 Å². The molecule has 1 aliphatic carbocycles. The largest absolute Gasteiger partial charge is 0.381 e. The number of nitrogens with two attached hydrogens (primary N) is 1. The molecule has 0 saturated heterocycles. The van der Waals surface area contributed by atoms with Crippen LogP contribution in [0.1, 0.15) is 24.8 Å². The van der Waals surface area contributed by atoms with E-state index in [4.69, 9.17) is 5.73 Å². The minimum Gasteiger partial charge on any atom is -0.381 e. The molecule has 0 spiro atoms. The Labute approximate surface area is 120 Å². The highest BCUT2D eigenvalue weighted by molar-refractivity contribution is 9.10. The van der Waals surface area contributed by atoms with Gasteiger partial charge in [-0.15, -0.1) is 0 Å². The molecule has 0 bridgehead atoms. The number of nitro benzene ring substituents is 1. The van der Waals surface area contributed by atoms with Crippen LogP contribution in [0.15, 0.2) is 16.6 Å². The van der Waals surface area contributed by atoms with E-state index in [2.05, 4.69) is 21.2 Å². The Balaban J connectivity index is 2.24. The van der Waals surface area contributed by atoms with Crippen molar-refractivity contribution < 1.29 is 4.92 Å². The number of halogens is 1. The lowest BCUT2D eigenvalue weighted by Crippen LogP contribution is -2.29. The van der Waals surface area contributed by atoms with Crippen molar-refractivity contribution in [1.82, 2.24) is 0 Å². The zero-order chi connectivity index (χ0) is 14.0. The molecule has 1 aromatic carbocycles. The lowest BCUT2D eigenvalue weighted by Gasteiger charge is -2.21. The van der Waals surface area contributed by atoms with Crippen molar-refractivity contribution in [2.24, 2.45) is 11.7 Å². The maximum Gasteiger partial charge on any atom is 0.274 e. The van der Waals surface area contributed by atoms with Gasteiger partial charge < -0.3 is 11.1 Å². The molecule has 1 aliphatic rings. The van der Waals surface area contributed by atoms with Crippen LogP contribution in [0, 0.1) is 23.0 Å². The maximum atomic E-state index is 11.0. The third kappa shape index (κ3) is 3.06. The Morgan fingerprint density at radius 1 is 1.53 bits per heavy atom. The van der Waals surface area contributed by atoms with Crippen LogP contribution in [-0.2, 0) is 0 Å². The molecule has 1 fully saturated rings. The summed E-state index contributed by atoms with van der Waals surface area (Å²) in [5.41, 5.74) is 7.34. The molecule has 0 amide bonds. The van der Waals surface area contributed by atoms with Crippen molar-refractivity contribution in [3.8, 4) is 0 Å². The number of hydrogen-bond donors (Lipinski definition) is 2. The van der Waals surface area contributed by atoms with E-state index in [0.717, 1.165) is 29.4 Å². The van der Waals surface area contributed by atoms with Gasteiger partial charge in [-0.25, -0.2) is 0 Å². The summed E-state index contributed by atoms with van der Waals surface area (Å²) >= 11 is 3.46. The quantitative estimate of drug-likeness (QED) is 0.657. The molecule has 0 aromatic heterocycles. The van der Waals surface area contributed by atoms with Crippen LogP contribution in [0.25, 0.3) is 0 Å². The first kappa shape index (κ1) is 14.3. The monoisotopic (exact) mass is 327 g/mol. The summed E-state index contributed by atoms with van der Waals surface area (Å²) in [7, 11) is 0. The maximum absolute atomic E-state index is 11.0. The van der Waals surface area contributed by atoms with E-state index in [1.807, 2.05) is 0 Å². The number of aryl methyl sites for hydroxylation is 1. The predicted octanol–water partition coefficient (Wildman–Crippen LogP) is 3.21. The second-order valence-corrected chi connectivity index (χ2v) is 5.91. The van der Waals surface area contributed by atoms with Gasteiger partial charge in [0.2, 0.25) is 0 Å². The van der Waals surface area contributed by atoms with Crippen LogP contribution < -0.4 is 11.1 Å². The third-order valence-corrected chi connectivity index (χ3v) is 4.44. The van der Waals surface area contributed by atoms with Gasteiger partial charge in [0, 0.05) is 22.1 Å². The first-order chi connectivity index (χ1) is 9.02. The number of anilines is 1. The van der Waals surface area contributed by atoms with E-state index in [9.17, 15) is 10.1 Å². The Hall–Kier alpha value is -1.14. The zero-order valence-electron chi connectivity index (χ0n) is 10.9. The number of nitrogens with zero attached hydrogens (tertiary/aromatic N) is 1. The molecule has 2 rings (SSSR count). The second-order valence-electron chi connectivity index (χ2n) is 5.05. The summed E-state index contributed by atoms with van der Waals surface area (Å²) in [5, 5.41) is 14.4. The summed E-state index contributed by atoms with van der Waals surface area (Å²) in [4.78, 5) is 10.6. The molecule has 1 aromatic rings. The van der Waals surface area contributed by atoms with Gasteiger partial charge in [0.05, 0.1) is 10.6 Å². The fourth-order valence-electron chi connectivity index (χ4n) is 2.68. The van der Waals surface area contributed by atoms with E-state index in [-0.39, 0.29) is 10.6 Å². The van der Waals surface area contributed by atoms with Gasteiger partial charge in [0.15, 0.2) is 0 Å². The summed E-state index contributed by atoms with van der Waals surface area (Å²) in [6, 6.07) is 3.70. The van der Waals surface area contributed by atoms with Crippen LogP contribution in [0.3, 0.4) is 0 Å². The van der Waals surface area contributed by atoms with Crippen molar-refractivity contribution in [2.75, 3.05) is 11.9 Å². The van der Waals surface area contributed by atoms with Gasteiger partial charge in [0.25, 0.3) is 5.69 Å². The van der Waals surface area contributed by atoms with Gasteiger partial charge >= 0.3 is 0 Å². The van der Waals surface area contributed by atoms with E-state index in [1.54, 1.807) is 19.1 Å². The van der Waals surface area contributed by atoms with Gasteiger partial charge in [-0.2, -0.15) is 0 Å². The van der Waals surface area contributed by atoms with Crippen molar-refractivity contribution in [3.05, 3.63) is 32.3 Å². The Kier molecular flexibility index (Phi) is 4.42. The Morgan fingerprint density at radius 3 is 2.89 bits per heavy atom. The van der Waals surface area contributed by atoms with Crippen molar-refractivity contribution in [2.45, 2.75) is 32.2 Å². The molecule has 0 heterocycles. The Bertz CT molecular complexity index is 493. The average Bonchev–Trinajstić information content (AvgIpc) is 2.79. The highest BCUT2D eigenvalue weighted by Crippen LogP contribution is 2.34. The molecule has 6 heteroatoms. The Morgan fingerprint density at radius 2 is 2.26 bits per heavy atom. The average molecular weight is 328 g/mol. The summed E-state index contributed by atoms with van der Waals surface area (Å²) in [6.45, 7) is 2.40. The van der Waals surface area contributed by atoms with Gasteiger partial charge in [-0.3, -0.25) is 10.1 Å². The number of rotatable bonds is 4. The van der Waals surface area contributed by atoms with Crippen molar-refractivity contribution >= 4 is 27.3 Å². The molecule has 19 heavy (non-hydrogen) atoms. The predicted molar refractivity (Wildman–Crippen MR) is 79.3 cm³/mol. The van der Waals surface area contributed by atoms with Gasteiger partial charge in [-0.05, 0) is 54.2 Å². The molecule has 0 aliphatic heterocycles. The topological polar surface area (TPSA) is 81.2 Å². The minimum atomic E-state index is -0.345. The SMILES string of the molecule is Cc1cc(Br)c(NC2CCCC2CN)cc1[N+](=O)[O-]. The molecule has 1 saturated carbocycles. The second kappa shape index (κ2) is 5.88. The molecule has 3 N–H and O–H groups in total. The van der Waals surface area contributed by atoms with Crippen LogP contribution in [-0.4, -0.2) is 17.5 Å². The van der Waals surface area contributed by atoms with Crippen LogP contribution in [0.4, 0.5) is 11.4 Å². The highest BCUT2D eigenvalue weighted by Gasteiger charge is 2.27. The van der Waals surface area contributed by atoms with E-state index < -0.39 is 0 Å². The molecular formula is C13H18BrN3O2. The first-order valence-electron chi connectivity index (χ1n) is 6.44. The fraction of sp³-hybridized carbons (Fsp3) is 0.538. The minimum absolute atomic E-state index is 0.146. The number of hydrogen-bond acceptors (Lipinski definition) is 4. The van der Waals surface area contributed by atoms with E-state index in [0.29, 0.717) is 24.1 Å². The van der Waals surface area contributed by atoms with Crippen LogP contribution in [0.5, 0.6) is 0 Å². The van der Waals surface area contributed by atoms with E-state index >= 15 is 0 Å². The first-order valence-corrected chi connectivity index (χ1v) is 7.23. The molecule has 104 valence electrons. The van der Waals surface area contributed by atoms with Crippen LogP contribution >= 0.6 is 15.9 Å². The van der Waals surface area contributed by atoms with Crippen molar-refractivity contribution in [3.63, 3.8) is 0 Å². The molecular weight excluding hydrogens is 310 g/mol. The fourth-order valence-corrected chi connectivity index (χ4v) is 3.25. The van der Waals surface area contributed by atoms with Gasteiger partial charge in [-0.1, -0.05) is 6.42 Å². The lowest BCUT2D eigenvalue weighted by molar-refractivity contribution is -0.385. The molecule has 2 atom stereocenters. The summed E-state index contributed by atoms with van der Waals surface area (Å²) in [6.07, 6.45) is 3.35. The number of benzene rings is 1. The summed E-state index contributed by atoms with van der Waals surface area (Å²) in [5.74, 6) is 0.451. The molecule has 5 nitrogen and oxygen atoms in total. The molecule has 0 radical (unpaired) electrons. The standard InChI is InChI=1S/C13H18BrN3O2/c1-8-5-10(14)12(6-13(8)17(18)19)16-11-4-2-3-9(11)7-15/h5-6,9,11,16H,2-4,7,15H2,1H3. The number of nitro groups is 1. The molecule has 2 unspecified atom stereocenters. The normalized spacial score (nSPS) is 22.5. The highest BCUT2D eigenvalue weighted by atomic mass is 79.9.